The van der Waals surface area contributed by atoms with Crippen molar-refractivity contribution in [3.63, 3.8) is 0 Å². The molecule has 0 aliphatic carbocycles. The number of alkyl halides is 3. The summed E-state index contributed by atoms with van der Waals surface area (Å²) in [5, 5.41) is 10.8. The highest BCUT2D eigenvalue weighted by atomic mass is 32.2. The van der Waals surface area contributed by atoms with Crippen molar-refractivity contribution in [1.82, 2.24) is 24.8 Å². The lowest BCUT2D eigenvalue weighted by Crippen LogP contribution is -2.30. The van der Waals surface area contributed by atoms with Gasteiger partial charge in [-0.3, -0.25) is 9.21 Å². The summed E-state index contributed by atoms with van der Waals surface area (Å²) in [6.45, 7) is 4.99. The van der Waals surface area contributed by atoms with E-state index in [0.717, 1.165) is 53.5 Å². The molecule has 0 bridgehead atoms. The number of hydrogen-bond acceptors (Lipinski definition) is 9. The first-order chi connectivity index (χ1) is 21.0. The highest BCUT2D eigenvalue weighted by Gasteiger charge is 2.38. The summed E-state index contributed by atoms with van der Waals surface area (Å²) in [4.78, 5) is 29.5. The van der Waals surface area contributed by atoms with Crippen molar-refractivity contribution < 1.29 is 31.5 Å². The molecule has 0 saturated carbocycles. The number of sulfonamides is 1. The average molecular weight is 665 g/mol. The maximum Gasteiger partial charge on any atom is 0.490 e. The number of carboxylic acids is 1. The fraction of sp³-hybridized carbons (Fsp3) is 0.286. The van der Waals surface area contributed by atoms with Crippen LogP contribution >= 0.6 is 22.7 Å². The minimum absolute atomic E-state index is 0.333. The van der Waals surface area contributed by atoms with Gasteiger partial charge in [-0.25, -0.2) is 28.2 Å². The van der Waals surface area contributed by atoms with E-state index in [9.17, 15) is 21.6 Å². The van der Waals surface area contributed by atoms with Crippen LogP contribution < -0.4 is 4.31 Å². The zero-order valence-corrected chi connectivity index (χ0v) is 25.7. The number of thiazole rings is 1. The van der Waals surface area contributed by atoms with E-state index in [1.54, 1.807) is 28.8 Å². The number of halogens is 3. The zero-order chi connectivity index (χ0) is 31.5. The van der Waals surface area contributed by atoms with Gasteiger partial charge in [0, 0.05) is 54.4 Å². The van der Waals surface area contributed by atoms with Crippen molar-refractivity contribution in [3.8, 4) is 10.7 Å². The van der Waals surface area contributed by atoms with Crippen LogP contribution in [0.4, 0.5) is 18.9 Å². The molecule has 10 nitrogen and oxygen atoms in total. The number of aromatic amines is 1. The number of carboxylic acid groups (broad SMARTS) is 1. The van der Waals surface area contributed by atoms with Crippen LogP contribution in [0, 0.1) is 0 Å². The van der Waals surface area contributed by atoms with E-state index < -0.39 is 22.2 Å². The van der Waals surface area contributed by atoms with Gasteiger partial charge in [-0.2, -0.15) is 13.2 Å². The lowest BCUT2D eigenvalue weighted by molar-refractivity contribution is -0.192. The van der Waals surface area contributed by atoms with Crippen molar-refractivity contribution in [2.75, 3.05) is 23.9 Å². The Morgan fingerprint density at radius 3 is 2.57 bits per heavy atom. The number of benzene rings is 1. The second kappa shape index (κ2) is 13.0. The third-order valence-corrected chi connectivity index (χ3v) is 11.1. The van der Waals surface area contributed by atoms with Crippen molar-refractivity contribution >= 4 is 55.3 Å². The van der Waals surface area contributed by atoms with Gasteiger partial charge in [-0.1, -0.05) is 18.2 Å². The molecule has 0 amide bonds. The Balaban J connectivity index is 0.000000493. The van der Waals surface area contributed by atoms with Gasteiger partial charge in [-0.05, 0) is 49.5 Å². The largest absolute Gasteiger partial charge is 0.490 e. The summed E-state index contributed by atoms with van der Waals surface area (Å²) in [6, 6.07) is 13.1. The molecule has 5 heterocycles. The van der Waals surface area contributed by atoms with Crippen LogP contribution in [-0.4, -0.2) is 70.1 Å². The summed E-state index contributed by atoms with van der Waals surface area (Å²) in [6.07, 6.45) is 1.54. The Morgan fingerprint density at radius 2 is 1.91 bits per heavy atom. The fourth-order valence-electron chi connectivity index (χ4n) is 4.89. The normalized spacial score (nSPS) is 15.7. The molecule has 1 unspecified atom stereocenters. The molecular formula is C28H27F3N6O4S3. The Kier molecular flexibility index (Phi) is 9.34. The number of fused-ring (bicyclic) bond motifs is 1. The molecular weight excluding hydrogens is 638 g/mol. The molecule has 1 saturated heterocycles. The van der Waals surface area contributed by atoms with E-state index in [1.165, 1.54) is 20.5 Å². The SMILES string of the molecule is CCN(c1cccc2cc(-c3ncc(CN4CCC(c5ncccn5)C4)s3)[nH]c12)S(=O)(=O)c1cccs1.O=C(O)C(F)(F)F. The van der Waals surface area contributed by atoms with Crippen LogP contribution in [0.3, 0.4) is 0 Å². The first-order valence-corrected chi connectivity index (χ1v) is 16.5. The van der Waals surface area contributed by atoms with E-state index in [-0.39, 0.29) is 0 Å². The van der Waals surface area contributed by atoms with Gasteiger partial charge in [0.25, 0.3) is 10.0 Å². The van der Waals surface area contributed by atoms with Gasteiger partial charge in [0.2, 0.25) is 0 Å². The van der Waals surface area contributed by atoms with Crippen LogP contribution in [-0.2, 0) is 21.4 Å². The molecule has 16 heteroatoms. The number of anilines is 1. The summed E-state index contributed by atoms with van der Waals surface area (Å²) >= 11 is 2.89. The van der Waals surface area contributed by atoms with E-state index in [4.69, 9.17) is 14.9 Å². The van der Waals surface area contributed by atoms with Crippen LogP contribution in [0.15, 0.2) is 70.6 Å². The van der Waals surface area contributed by atoms with E-state index >= 15 is 0 Å². The molecule has 2 N–H and O–H groups in total. The minimum atomic E-state index is -5.08. The molecule has 1 aliphatic rings. The number of H-pyrrole nitrogens is 1. The minimum Gasteiger partial charge on any atom is -0.475 e. The van der Waals surface area contributed by atoms with Gasteiger partial charge in [0.15, 0.2) is 0 Å². The van der Waals surface area contributed by atoms with Crippen LogP contribution in [0.25, 0.3) is 21.6 Å². The summed E-state index contributed by atoms with van der Waals surface area (Å²) in [5.74, 6) is -1.47. The van der Waals surface area contributed by atoms with Crippen LogP contribution in [0.5, 0.6) is 0 Å². The van der Waals surface area contributed by atoms with E-state index in [2.05, 4.69) is 19.9 Å². The van der Waals surface area contributed by atoms with Crippen molar-refractivity contribution in [2.24, 2.45) is 0 Å². The fourth-order valence-corrected chi connectivity index (χ4v) is 8.40. The van der Waals surface area contributed by atoms with Crippen molar-refractivity contribution in [1.29, 1.82) is 0 Å². The number of thiophene rings is 1. The Morgan fingerprint density at radius 1 is 1.16 bits per heavy atom. The number of rotatable bonds is 8. The standard InChI is InChI=1S/C26H26N6O2S3.C2HF3O2/c1-2-32(37(33,34)23-8-4-13-35-23)22-7-3-6-18-14-21(30-24(18)22)26-29-15-20(36-26)17-31-12-9-19(16-31)25-27-10-5-11-28-25;3-2(4,5)1(6)7/h3-8,10-11,13-15,19,30H,2,9,12,16-17H2,1H3;(H,6,7). The molecule has 1 fully saturated rings. The number of aliphatic carboxylic acids is 1. The molecule has 1 atom stereocenters. The third-order valence-electron chi connectivity index (χ3n) is 6.86. The van der Waals surface area contributed by atoms with Gasteiger partial charge in [0.05, 0.1) is 16.9 Å². The Hall–Kier alpha value is -3.86. The number of para-hydroxylation sites is 1. The first-order valence-electron chi connectivity index (χ1n) is 13.4. The second-order valence-electron chi connectivity index (χ2n) is 9.79. The van der Waals surface area contributed by atoms with Crippen molar-refractivity contribution in [3.05, 3.63) is 77.1 Å². The number of likely N-dealkylation sites (tertiary alicyclic amines) is 1. The maximum absolute atomic E-state index is 13.3. The number of carbonyl (C=O) groups is 1. The molecule has 232 valence electrons. The van der Waals surface area contributed by atoms with Gasteiger partial charge >= 0.3 is 12.1 Å². The average Bonchev–Trinajstić information content (AvgIpc) is 3.81. The smallest absolute Gasteiger partial charge is 0.475 e. The molecule has 1 aliphatic heterocycles. The lowest BCUT2D eigenvalue weighted by Gasteiger charge is -2.22. The molecule has 0 radical (unpaired) electrons. The predicted molar refractivity (Wildman–Crippen MR) is 162 cm³/mol. The quantitative estimate of drug-likeness (QED) is 0.207. The van der Waals surface area contributed by atoms with Gasteiger partial charge in [0.1, 0.15) is 15.0 Å². The second-order valence-corrected chi connectivity index (χ2v) is 13.9. The summed E-state index contributed by atoms with van der Waals surface area (Å²) in [5.41, 5.74) is 2.32. The molecule has 0 spiro atoms. The highest BCUT2D eigenvalue weighted by molar-refractivity contribution is 7.94. The summed E-state index contributed by atoms with van der Waals surface area (Å²) in [7, 11) is -3.64. The molecule has 5 aromatic rings. The Bertz CT molecular complexity index is 1830. The number of aromatic nitrogens is 4. The molecule has 4 aromatic heterocycles. The number of hydrogen-bond donors (Lipinski definition) is 2. The molecule has 1 aromatic carbocycles. The van der Waals surface area contributed by atoms with E-state index in [1.807, 2.05) is 55.8 Å². The van der Waals surface area contributed by atoms with Crippen molar-refractivity contribution in [2.45, 2.75) is 36.2 Å². The lowest BCUT2D eigenvalue weighted by atomic mass is 10.1. The number of nitrogens with zero attached hydrogens (tertiary/aromatic N) is 5. The topological polar surface area (TPSA) is 132 Å². The van der Waals surface area contributed by atoms with Crippen LogP contribution in [0.2, 0.25) is 0 Å². The molecule has 44 heavy (non-hydrogen) atoms. The third kappa shape index (κ3) is 6.93. The predicted octanol–water partition coefficient (Wildman–Crippen LogP) is 5.98. The van der Waals surface area contributed by atoms with E-state index in [0.29, 0.717) is 22.4 Å². The Labute approximate surface area is 258 Å². The zero-order valence-electron chi connectivity index (χ0n) is 23.2. The van der Waals surface area contributed by atoms with Gasteiger partial charge < -0.3 is 10.1 Å². The highest BCUT2D eigenvalue weighted by Crippen LogP contribution is 2.36. The van der Waals surface area contributed by atoms with Gasteiger partial charge in [-0.15, -0.1) is 22.7 Å². The first kappa shape index (κ1) is 31.6. The number of nitrogens with one attached hydrogen (secondary N) is 1. The monoisotopic (exact) mass is 664 g/mol. The summed E-state index contributed by atoms with van der Waals surface area (Å²) < 4.78 is 60.2. The maximum atomic E-state index is 13.3. The van der Waals surface area contributed by atoms with Crippen LogP contribution in [0.1, 0.15) is 30.0 Å². The molecule has 6 rings (SSSR count).